The Morgan fingerprint density at radius 2 is 1.69 bits per heavy atom. The Morgan fingerprint density at radius 3 is 2.19 bits per heavy atom. The maximum Gasteiger partial charge on any atom is 0.234 e. The lowest BCUT2D eigenvalue weighted by molar-refractivity contribution is -0.121. The van der Waals surface area contributed by atoms with Crippen LogP contribution in [0.2, 0.25) is 0 Å². The summed E-state index contributed by atoms with van der Waals surface area (Å²) < 4.78 is 0. The number of hydrogen-bond donors (Lipinski definition) is 2. The second-order valence-electron chi connectivity index (χ2n) is 5.13. The third-order valence-corrected chi connectivity index (χ3v) is 2.81. The van der Waals surface area contributed by atoms with Crippen LogP contribution < -0.4 is 10.6 Å². The molecule has 0 aliphatic heterocycles. The predicted octanol–water partition coefficient (Wildman–Crippen LogP) is 2.32. The van der Waals surface area contributed by atoms with Gasteiger partial charge in [0.2, 0.25) is 5.91 Å². The van der Waals surface area contributed by atoms with E-state index in [0.717, 1.165) is 18.8 Å². The van der Waals surface area contributed by atoms with Crippen molar-refractivity contribution in [3.05, 3.63) is 0 Å². The van der Waals surface area contributed by atoms with E-state index in [4.69, 9.17) is 0 Å². The molecule has 0 spiro atoms. The van der Waals surface area contributed by atoms with E-state index in [2.05, 4.69) is 38.3 Å². The first-order valence-electron chi connectivity index (χ1n) is 6.48. The van der Waals surface area contributed by atoms with Crippen molar-refractivity contribution >= 4 is 5.91 Å². The molecule has 2 N–H and O–H groups in total. The molecule has 0 fully saturated rings. The van der Waals surface area contributed by atoms with Gasteiger partial charge in [0, 0.05) is 12.1 Å². The Labute approximate surface area is 100 Å². The summed E-state index contributed by atoms with van der Waals surface area (Å²) in [7, 11) is 0. The smallest absolute Gasteiger partial charge is 0.234 e. The molecule has 0 saturated heterocycles. The van der Waals surface area contributed by atoms with Crippen molar-refractivity contribution < 1.29 is 4.79 Å². The molecular formula is C13H28N2O. The van der Waals surface area contributed by atoms with Gasteiger partial charge in [0.25, 0.3) is 0 Å². The molecule has 0 rings (SSSR count). The highest BCUT2D eigenvalue weighted by atomic mass is 16.1. The van der Waals surface area contributed by atoms with Crippen LogP contribution in [0.5, 0.6) is 0 Å². The van der Waals surface area contributed by atoms with Crippen molar-refractivity contribution in [3.8, 4) is 0 Å². The minimum atomic E-state index is 0.103. The number of hydrogen-bond acceptors (Lipinski definition) is 2. The molecule has 0 aliphatic rings. The first kappa shape index (κ1) is 15.4. The second-order valence-corrected chi connectivity index (χ2v) is 5.13. The van der Waals surface area contributed by atoms with Crippen molar-refractivity contribution in [2.75, 3.05) is 6.54 Å². The highest BCUT2D eigenvalue weighted by Crippen LogP contribution is 2.05. The van der Waals surface area contributed by atoms with Crippen LogP contribution in [0.4, 0.5) is 0 Å². The van der Waals surface area contributed by atoms with E-state index in [-0.39, 0.29) is 11.9 Å². The molecule has 0 aromatic carbocycles. The molecule has 2 atom stereocenters. The predicted molar refractivity (Wildman–Crippen MR) is 69.4 cm³/mol. The molecule has 96 valence electrons. The number of amides is 1. The third-order valence-electron chi connectivity index (χ3n) is 2.81. The normalized spacial score (nSPS) is 14.9. The van der Waals surface area contributed by atoms with E-state index in [0.29, 0.717) is 12.6 Å². The minimum absolute atomic E-state index is 0.103. The molecule has 0 radical (unpaired) electrons. The minimum Gasteiger partial charge on any atom is -0.353 e. The third kappa shape index (κ3) is 8.72. The molecular weight excluding hydrogens is 200 g/mol. The highest BCUT2D eigenvalue weighted by molar-refractivity contribution is 5.78. The molecule has 0 saturated carbocycles. The maximum absolute atomic E-state index is 11.5. The Hall–Kier alpha value is -0.570. The van der Waals surface area contributed by atoms with Crippen molar-refractivity contribution in [3.63, 3.8) is 0 Å². The quantitative estimate of drug-likeness (QED) is 0.669. The van der Waals surface area contributed by atoms with Crippen molar-refractivity contribution in [2.45, 2.75) is 66.0 Å². The Morgan fingerprint density at radius 1 is 1.06 bits per heavy atom. The lowest BCUT2D eigenvalue weighted by Crippen LogP contribution is -2.41. The van der Waals surface area contributed by atoms with Gasteiger partial charge >= 0.3 is 0 Å². The molecule has 3 nitrogen and oxygen atoms in total. The summed E-state index contributed by atoms with van der Waals surface area (Å²) in [5.41, 5.74) is 0. The fourth-order valence-electron chi connectivity index (χ4n) is 1.38. The fourth-order valence-corrected chi connectivity index (χ4v) is 1.38. The molecule has 1 amide bonds. The van der Waals surface area contributed by atoms with Crippen LogP contribution in [0.3, 0.4) is 0 Å². The van der Waals surface area contributed by atoms with Gasteiger partial charge in [-0.3, -0.25) is 4.79 Å². The summed E-state index contributed by atoms with van der Waals surface area (Å²) in [6.07, 6.45) is 3.32. The fraction of sp³-hybridized carbons (Fsp3) is 0.923. The average Bonchev–Trinajstić information content (AvgIpc) is 2.23. The average molecular weight is 228 g/mol. The summed E-state index contributed by atoms with van der Waals surface area (Å²) in [5, 5.41) is 6.20. The summed E-state index contributed by atoms with van der Waals surface area (Å²) in [6, 6.07) is 0.699. The maximum atomic E-state index is 11.5. The lowest BCUT2D eigenvalue weighted by Gasteiger charge is -2.16. The second kappa shape index (κ2) is 8.57. The van der Waals surface area contributed by atoms with Crippen LogP contribution in [0.25, 0.3) is 0 Å². The first-order chi connectivity index (χ1) is 7.45. The van der Waals surface area contributed by atoms with Gasteiger partial charge in [-0.1, -0.05) is 20.8 Å². The molecule has 0 heterocycles. The van der Waals surface area contributed by atoms with Crippen molar-refractivity contribution in [2.24, 2.45) is 5.92 Å². The summed E-state index contributed by atoms with van der Waals surface area (Å²) >= 11 is 0. The topological polar surface area (TPSA) is 41.1 Å². The van der Waals surface area contributed by atoms with Crippen LogP contribution in [0.1, 0.15) is 53.9 Å². The zero-order valence-corrected chi connectivity index (χ0v) is 11.5. The van der Waals surface area contributed by atoms with Crippen LogP contribution in [-0.2, 0) is 4.79 Å². The first-order valence-corrected chi connectivity index (χ1v) is 6.48. The summed E-state index contributed by atoms with van der Waals surface area (Å²) in [6.45, 7) is 11.1. The van der Waals surface area contributed by atoms with Gasteiger partial charge in [0.05, 0.1) is 6.54 Å². The molecule has 0 bridgehead atoms. The largest absolute Gasteiger partial charge is 0.353 e. The van der Waals surface area contributed by atoms with Gasteiger partial charge < -0.3 is 10.6 Å². The molecule has 0 aliphatic carbocycles. The van der Waals surface area contributed by atoms with Crippen LogP contribution in [0, 0.1) is 5.92 Å². The molecule has 16 heavy (non-hydrogen) atoms. The summed E-state index contributed by atoms with van der Waals surface area (Å²) in [5.74, 6) is 0.837. The Bertz CT molecular complexity index is 192. The monoisotopic (exact) mass is 228 g/mol. The SMILES string of the molecule is CCC(C)NC(=O)CNC(C)CCC(C)C. The number of carbonyl (C=O) groups is 1. The van der Waals surface area contributed by atoms with Crippen LogP contribution in [-0.4, -0.2) is 24.5 Å². The van der Waals surface area contributed by atoms with E-state index < -0.39 is 0 Å². The standard InChI is InChI=1S/C13H28N2O/c1-6-11(4)15-13(16)9-14-12(5)8-7-10(2)3/h10-12,14H,6-9H2,1-5H3,(H,15,16). The highest BCUT2D eigenvalue weighted by Gasteiger charge is 2.08. The van der Waals surface area contributed by atoms with E-state index in [1.807, 2.05) is 6.92 Å². The van der Waals surface area contributed by atoms with Crippen molar-refractivity contribution in [1.82, 2.24) is 10.6 Å². The van der Waals surface area contributed by atoms with E-state index in [9.17, 15) is 4.79 Å². The van der Waals surface area contributed by atoms with Crippen molar-refractivity contribution in [1.29, 1.82) is 0 Å². The summed E-state index contributed by atoms with van der Waals surface area (Å²) in [4.78, 5) is 11.5. The molecule has 0 aromatic heterocycles. The number of rotatable bonds is 8. The zero-order chi connectivity index (χ0) is 12.6. The Kier molecular flexibility index (Phi) is 8.26. The molecule has 2 unspecified atom stereocenters. The van der Waals surface area contributed by atoms with Gasteiger partial charge in [-0.15, -0.1) is 0 Å². The molecule has 3 heteroatoms. The lowest BCUT2D eigenvalue weighted by atomic mass is 10.0. The van der Waals surface area contributed by atoms with Gasteiger partial charge in [-0.25, -0.2) is 0 Å². The van der Waals surface area contributed by atoms with Gasteiger partial charge in [-0.2, -0.15) is 0 Å². The van der Waals surface area contributed by atoms with Gasteiger partial charge in [0.15, 0.2) is 0 Å². The number of carbonyl (C=O) groups excluding carboxylic acids is 1. The Balaban J connectivity index is 3.58. The molecule has 0 aromatic rings. The number of nitrogens with one attached hydrogen (secondary N) is 2. The van der Waals surface area contributed by atoms with Gasteiger partial charge in [-0.05, 0) is 39.0 Å². The zero-order valence-electron chi connectivity index (χ0n) is 11.5. The van der Waals surface area contributed by atoms with Gasteiger partial charge in [0.1, 0.15) is 0 Å². The van der Waals surface area contributed by atoms with Crippen LogP contribution >= 0.6 is 0 Å². The van der Waals surface area contributed by atoms with E-state index in [1.54, 1.807) is 0 Å². The van der Waals surface area contributed by atoms with E-state index in [1.165, 1.54) is 6.42 Å². The van der Waals surface area contributed by atoms with Crippen LogP contribution in [0.15, 0.2) is 0 Å². The van der Waals surface area contributed by atoms with E-state index >= 15 is 0 Å².